The lowest BCUT2D eigenvalue weighted by molar-refractivity contribution is 0.106. The van der Waals surface area contributed by atoms with E-state index >= 15 is 0 Å². The van der Waals surface area contributed by atoms with E-state index in [1.807, 2.05) is 23.9 Å². The molecule has 0 aliphatic heterocycles. The van der Waals surface area contributed by atoms with Gasteiger partial charge in [0.25, 0.3) is 0 Å². The van der Waals surface area contributed by atoms with Gasteiger partial charge in [0.05, 0.1) is 24.0 Å². The van der Waals surface area contributed by atoms with Crippen LogP contribution in [0, 0.1) is 11.3 Å². The molecule has 0 bridgehead atoms. The minimum Gasteiger partial charge on any atom is -0.465 e. The number of nitriles is 1. The number of hydrogen-bond acceptors (Lipinski definition) is 8. The van der Waals surface area contributed by atoms with Crippen molar-refractivity contribution in [2.75, 3.05) is 11.9 Å². The summed E-state index contributed by atoms with van der Waals surface area (Å²) in [5.41, 5.74) is 3.46. The van der Waals surface area contributed by atoms with E-state index in [0.29, 0.717) is 29.3 Å². The summed E-state index contributed by atoms with van der Waals surface area (Å²) in [7, 11) is 0. The average molecular weight is 515 g/mol. The number of anilines is 1. The van der Waals surface area contributed by atoms with Gasteiger partial charge in [0, 0.05) is 53.7 Å². The molecule has 0 saturated heterocycles. The Labute approximate surface area is 219 Å². The monoisotopic (exact) mass is 514 g/mol. The molecular weight excluding hydrogens is 484 g/mol. The Morgan fingerprint density at radius 3 is 2.68 bits per heavy atom. The number of carbonyl (C=O) groups is 1. The summed E-state index contributed by atoms with van der Waals surface area (Å²) in [6.07, 6.45) is 9.34. The lowest BCUT2D eigenvalue weighted by atomic mass is 9.90. The van der Waals surface area contributed by atoms with E-state index in [2.05, 4.69) is 50.6 Å². The Morgan fingerprint density at radius 2 is 2.00 bits per heavy atom. The summed E-state index contributed by atoms with van der Waals surface area (Å²) in [6.45, 7) is 6.49. The Kier molecular flexibility index (Phi) is 6.91. The molecule has 0 radical (unpaired) electrons. The molecule has 5 rings (SSSR count). The molecule has 196 valence electrons. The molecule has 38 heavy (non-hydrogen) atoms. The number of carboxylic acid groups (broad SMARTS) is 1. The first-order chi connectivity index (χ1) is 18.4. The standard InChI is InChI=1S/C26H30N10O2/c1-4-34(26(37)38)19-5-7-20(8-6-19)35-15-23(32-33-35)21-14-28-24(10-22(21)31-16(2)3)36-25-18(13-30-36)9-17(11-27)12-29-25/h9-10,12-16,19-20H,4-8H2,1-3H3,(H,28,31)(H,37,38). The van der Waals surface area contributed by atoms with Gasteiger partial charge >= 0.3 is 6.09 Å². The van der Waals surface area contributed by atoms with Crippen LogP contribution in [-0.4, -0.2) is 69.5 Å². The van der Waals surface area contributed by atoms with Crippen LogP contribution in [0.2, 0.25) is 0 Å². The highest BCUT2D eigenvalue weighted by Crippen LogP contribution is 2.33. The fourth-order valence-corrected chi connectivity index (χ4v) is 5.11. The highest BCUT2D eigenvalue weighted by atomic mass is 16.4. The van der Waals surface area contributed by atoms with Crippen LogP contribution in [0.3, 0.4) is 0 Å². The highest BCUT2D eigenvalue weighted by molar-refractivity contribution is 5.79. The van der Waals surface area contributed by atoms with E-state index in [0.717, 1.165) is 42.3 Å². The van der Waals surface area contributed by atoms with E-state index in [1.54, 1.807) is 23.1 Å². The molecule has 0 spiro atoms. The van der Waals surface area contributed by atoms with Gasteiger partial charge in [0.15, 0.2) is 11.5 Å². The smallest absolute Gasteiger partial charge is 0.407 e. The minimum absolute atomic E-state index is 0.0506. The molecule has 1 amide bonds. The van der Waals surface area contributed by atoms with E-state index in [4.69, 9.17) is 5.26 Å². The maximum Gasteiger partial charge on any atom is 0.407 e. The Morgan fingerprint density at radius 1 is 1.21 bits per heavy atom. The van der Waals surface area contributed by atoms with E-state index in [-0.39, 0.29) is 18.1 Å². The second kappa shape index (κ2) is 10.5. The van der Waals surface area contributed by atoms with Gasteiger partial charge in [-0.1, -0.05) is 5.21 Å². The van der Waals surface area contributed by atoms with Crippen molar-refractivity contribution in [2.45, 2.75) is 64.6 Å². The largest absolute Gasteiger partial charge is 0.465 e. The number of nitrogens with one attached hydrogen (secondary N) is 1. The van der Waals surface area contributed by atoms with Crippen molar-refractivity contribution in [2.24, 2.45) is 0 Å². The summed E-state index contributed by atoms with van der Waals surface area (Å²) in [5.74, 6) is 0.591. The molecule has 1 saturated carbocycles. The molecule has 2 N–H and O–H groups in total. The fourth-order valence-electron chi connectivity index (χ4n) is 5.11. The zero-order valence-electron chi connectivity index (χ0n) is 21.6. The number of rotatable bonds is 7. The fraction of sp³-hybridized carbons (Fsp3) is 0.423. The topological polar surface area (TPSA) is 151 Å². The van der Waals surface area contributed by atoms with Crippen molar-refractivity contribution in [1.29, 1.82) is 5.26 Å². The van der Waals surface area contributed by atoms with Gasteiger partial charge in [-0.2, -0.15) is 15.0 Å². The van der Waals surface area contributed by atoms with Crippen LogP contribution in [0.15, 0.2) is 36.9 Å². The third-order valence-corrected chi connectivity index (χ3v) is 6.94. The Hall–Kier alpha value is -4.53. The molecule has 12 heteroatoms. The van der Waals surface area contributed by atoms with Gasteiger partial charge in [0.1, 0.15) is 11.8 Å². The number of nitrogens with zero attached hydrogens (tertiary/aromatic N) is 9. The number of aromatic nitrogens is 7. The third-order valence-electron chi connectivity index (χ3n) is 6.94. The van der Waals surface area contributed by atoms with Crippen molar-refractivity contribution in [3.63, 3.8) is 0 Å². The van der Waals surface area contributed by atoms with Crippen LogP contribution in [0.5, 0.6) is 0 Å². The maximum atomic E-state index is 11.5. The third kappa shape index (κ3) is 4.87. The summed E-state index contributed by atoms with van der Waals surface area (Å²) in [6, 6.07) is 6.15. The lowest BCUT2D eigenvalue weighted by Gasteiger charge is -2.34. The first-order valence-electron chi connectivity index (χ1n) is 12.8. The summed E-state index contributed by atoms with van der Waals surface area (Å²) in [4.78, 5) is 22.1. The van der Waals surface area contributed by atoms with E-state index in [9.17, 15) is 9.90 Å². The van der Waals surface area contributed by atoms with Gasteiger partial charge < -0.3 is 15.3 Å². The number of pyridine rings is 2. The van der Waals surface area contributed by atoms with Crippen molar-refractivity contribution < 1.29 is 9.90 Å². The highest BCUT2D eigenvalue weighted by Gasteiger charge is 2.29. The zero-order chi connectivity index (χ0) is 26.8. The second-order valence-electron chi connectivity index (χ2n) is 9.81. The molecule has 1 aliphatic carbocycles. The quantitative estimate of drug-likeness (QED) is 0.369. The predicted octanol–water partition coefficient (Wildman–Crippen LogP) is 4.25. The average Bonchev–Trinajstić information content (AvgIpc) is 3.56. The van der Waals surface area contributed by atoms with Crippen molar-refractivity contribution >= 4 is 22.8 Å². The number of fused-ring (bicyclic) bond motifs is 1. The van der Waals surface area contributed by atoms with Gasteiger partial charge in [-0.15, -0.1) is 5.10 Å². The van der Waals surface area contributed by atoms with Gasteiger partial charge in [0.2, 0.25) is 0 Å². The summed E-state index contributed by atoms with van der Waals surface area (Å²) in [5, 5.41) is 36.2. The Bertz CT molecular complexity index is 1490. The molecule has 0 aromatic carbocycles. The van der Waals surface area contributed by atoms with Crippen molar-refractivity contribution in [1.82, 2.24) is 39.6 Å². The zero-order valence-corrected chi connectivity index (χ0v) is 21.6. The molecule has 12 nitrogen and oxygen atoms in total. The summed E-state index contributed by atoms with van der Waals surface area (Å²) < 4.78 is 3.55. The van der Waals surface area contributed by atoms with Gasteiger partial charge in [-0.05, 0) is 52.5 Å². The maximum absolute atomic E-state index is 11.5. The molecule has 1 fully saturated rings. The second-order valence-corrected chi connectivity index (χ2v) is 9.81. The van der Waals surface area contributed by atoms with Crippen LogP contribution in [0.1, 0.15) is 58.1 Å². The lowest BCUT2D eigenvalue weighted by Crippen LogP contribution is -2.41. The molecule has 4 heterocycles. The molecule has 1 aliphatic rings. The molecular formula is C26H30N10O2. The molecule has 4 aromatic heterocycles. The van der Waals surface area contributed by atoms with Crippen molar-refractivity contribution in [3.8, 4) is 23.1 Å². The molecule has 0 atom stereocenters. The van der Waals surface area contributed by atoms with Crippen molar-refractivity contribution in [3.05, 3.63) is 42.5 Å². The predicted molar refractivity (Wildman–Crippen MR) is 141 cm³/mol. The SMILES string of the molecule is CCN(C(=O)O)C1CCC(n2cc(-c3cnc(-n4ncc5cc(C#N)cnc54)cc3NC(C)C)nn2)CC1. The van der Waals surface area contributed by atoms with Crippen LogP contribution in [-0.2, 0) is 0 Å². The normalized spacial score (nSPS) is 17.4. The molecule has 4 aromatic rings. The van der Waals surface area contributed by atoms with Gasteiger partial charge in [-0.3, -0.25) is 0 Å². The number of hydrogen-bond donors (Lipinski definition) is 2. The Balaban J connectivity index is 1.40. The molecule has 0 unspecified atom stereocenters. The van der Waals surface area contributed by atoms with Crippen LogP contribution < -0.4 is 5.32 Å². The first-order valence-corrected chi connectivity index (χ1v) is 12.8. The number of amides is 1. The van der Waals surface area contributed by atoms with Crippen LogP contribution >= 0.6 is 0 Å². The minimum atomic E-state index is -0.856. The van der Waals surface area contributed by atoms with E-state index < -0.39 is 6.09 Å². The van der Waals surface area contributed by atoms with E-state index in [1.165, 1.54) is 11.1 Å². The van der Waals surface area contributed by atoms with Gasteiger partial charge in [-0.25, -0.2) is 19.4 Å². The first kappa shape index (κ1) is 25.1. The van der Waals surface area contributed by atoms with Crippen LogP contribution in [0.25, 0.3) is 28.1 Å². The van der Waals surface area contributed by atoms with Crippen LogP contribution in [0.4, 0.5) is 10.5 Å². The summed E-state index contributed by atoms with van der Waals surface area (Å²) >= 11 is 0.